The minimum absolute atomic E-state index is 0.0285. The highest BCUT2D eigenvalue weighted by Gasteiger charge is 2.19. The number of benzene rings is 2. The van der Waals surface area contributed by atoms with E-state index in [9.17, 15) is 23.3 Å². The number of non-ortho nitro benzene ring substituents is 1. The number of nitrogens with one attached hydrogen (secondary N) is 1. The maximum atomic E-state index is 12.3. The molecule has 2 N–H and O–H groups in total. The molecule has 0 spiro atoms. The van der Waals surface area contributed by atoms with Gasteiger partial charge in [0.2, 0.25) is 0 Å². The Hall–Kier alpha value is -2.94. The van der Waals surface area contributed by atoms with Crippen LogP contribution in [0.15, 0.2) is 47.4 Å². The van der Waals surface area contributed by atoms with Crippen LogP contribution < -0.4 is 4.72 Å². The number of sulfonamides is 1. The van der Waals surface area contributed by atoms with E-state index in [2.05, 4.69) is 4.72 Å². The third-order valence-corrected chi connectivity index (χ3v) is 4.42. The lowest BCUT2D eigenvalue weighted by molar-refractivity contribution is -0.385. The molecule has 0 saturated heterocycles. The summed E-state index contributed by atoms with van der Waals surface area (Å²) in [5.41, 5.74) is 0.298. The number of nitro groups is 1. The van der Waals surface area contributed by atoms with Crippen molar-refractivity contribution in [2.24, 2.45) is 0 Å². The van der Waals surface area contributed by atoms with Gasteiger partial charge in [-0.25, -0.2) is 13.2 Å². The molecule has 0 atom stereocenters. The molecule has 8 nitrogen and oxygen atoms in total. The number of rotatable bonds is 5. The van der Waals surface area contributed by atoms with Gasteiger partial charge >= 0.3 is 5.97 Å². The van der Waals surface area contributed by atoms with E-state index in [-0.39, 0.29) is 21.8 Å². The van der Waals surface area contributed by atoms with Gasteiger partial charge in [0.05, 0.1) is 21.1 Å². The van der Waals surface area contributed by atoms with Gasteiger partial charge in [-0.15, -0.1) is 0 Å². The van der Waals surface area contributed by atoms with Crippen molar-refractivity contribution in [3.63, 3.8) is 0 Å². The fraction of sp³-hybridized carbons (Fsp3) is 0.0714. The third kappa shape index (κ3) is 3.64. The summed E-state index contributed by atoms with van der Waals surface area (Å²) in [5.74, 6) is -1.12. The molecule has 2 aromatic carbocycles. The van der Waals surface area contributed by atoms with E-state index >= 15 is 0 Å². The Kier molecular flexibility index (Phi) is 4.32. The van der Waals surface area contributed by atoms with Crippen molar-refractivity contribution in [2.75, 3.05) is 4.72 Å². The van der Waals surface area contributed by atoms with Crippen molar-refractivity contribution >= 4 is 27.4 Å². The molecule has 0 unspecified atom stereocenters. The number of anilines is 1. The average Bonchev–Trinajstić information content (AvgIpc) is 2.49. The van der Waals surface area contributed by atoms with Gasteiger partial charge in [0.1, 0.15) is 0 Å². The number of nitrogens with zero attached hydrogens (tertiary/aromatic N) is 1. The number of carboxylic acids is 1. The molecule has 2 aromatic rings. The van der Waals surface area contributed by atoms with E-state index in [0.717, 1.165) is 6.07 Å². The number of aryl methyl sites for hydroxylation is 1. The van der Waals surface area contributed by atoms with Crippen molar-refractivity contribution in [3.8, 4) is 0 Å². The largest absolute Gasteiger partial charge is 0.478 e. The van der Waals surface area contributed by atoms with Crippen molar-refractivity contribution in [1.29, 1.82) is 0 Å². The molecule has 0 aliphatic rings. The zero-order valence-electron chi connectivity index (χ0n) is 11.9. The first kappa shape index (κ1) is 16.4. The fourth-order valence-corrected chi connectivity index (χ4v) is 3.05. The molecule has 0 aliphatic heterocycles. The number of hydrogen-bond donors (Lipinski definition) is 2. The fourth-order valence-electron chi connectivity index (χ4n) is 1.88. The highest BCUT2D eigenvalue weighted by molar-refractivity contribution is 7.92. The predicted octanol–water partition coefficient (Wildman–Crippen LogP) is 2.40. The molecule has 0 saturated carbocycles. The Morgan fingerprint density at radius 1 is 1.22 bits per heavy atom. The molecule has 120 valence electrons. The topological polar surface area (TPSA) is 127 Å². The Bertz CT molecular complexity index is 892. The minimum atomic E-state index is -4.03. The molecule has 9 heteroatoms. The molecule has 0 aromatic heterocycles. The van der Waals surface area contributed by atoms with Gasteiger partial charge in [0.25, 0.3) is 15.7 Å². The highest BCUT2D eigenvalue weighted by atomic mass is 32.2. The van der Waals surface area contributed by atoms with Crippen LogP contribution in [0.3, 0.4) is 0 Å². The van der Waals surface area contributed by atoms with Crippen LogP contribution >= 0.6 is 0 Å². The first-order valence-corrected chi connectivity index (χ1v) is 7.80. The molecule has 0 heterocycles. The molecule has 0 bridgehead atoms. The normalized spacial score (nSPS) is 11.0. The van der Waals surface area contributed by atoms with Crippen LogP contribution in [0.2, 0.25) is 0 Å². The van der Waals surface area contributed by atoms with Crippen LogP contribution in [0.4, 0.5) is 11.4 Å². The number of carbonyl (C=O) groups is 1. The van der Waals surface area contributed by atoms with Gasteiger partial charge in [0.15, 0.2) is 0 Å². The third-order valence-electron chi connectivity index (χ3n) is 3.06. The Labute approximate surface area is 131 Å². The summed E-state index contributed by atoms with van der Waals surface area (Å²) < 4.78 is 26.9. The van der Waals surface area contributed by atoms with Gasteiger partial charge in [-0.2, -0.15) is 0 Å². The van der Waals surface area contributed by atoms with Gasteiger partial charge in [-0.3, -0.25) is 14.8 Å². The van der Waals surface area contributed by atoms with E-state index in [1.54, 1.807) is 6.92 Å². The van der Waals surface area contributed by atoms with E-state index < -0.39 is 20.9 Å². The Morgan fingerprint density at radius 3 is 2.48 bits per heavy atom. The summed E-state index contributed by atoms with van der Waals surface area (Å²) in [4.78, 5) is 20.7. The van der Waals surface area contributed by atoms with E-state index in [1.165, 1.54) is 36.4 Å². The molecule has 0 aliphatic carbocycles. The lowest BCUT2D eigenvalue weighted by Gasteiger charge is -2.11. The predicted molar refractivity (Wildman–Crippen MR) is 82.0 cm³/mol. The van der Waals surface area contributed by atoms with Gasteiger partial charge in [-0.1, -0.05) is 6.07 Å². The minimum Gasteiger partial charge on any atom is -0.478 e. The molecular formula is C14H12N2O6S. The van der Waals surface area contributed by atoms with Crippen molar-refractivity contribution < 1.29 is 23.2 Å². The zero-order chi connectivity index (χ0) is 17.2. The smallest absolute Gasteiger partial charge is 0.335 e. The lowest BCUT2D eigenvalue weighted by atomic mass is 10.1. The molecule has 2 rings (SSSR count). The van der Waals surface area contributed by atoms with Crippen LogP contribution in [0, 0.1) is 17.0 Å². The second-order valence-corrected chi connectivity index (χ2v) is 6.38. The molecular weight excluding hydrogens is 324 g/mol. The number of carboxylic acid groups (broad SMARTS) is 1. The molecule has 0 fully saturated rings. The van der Waals surface area contributed by atoms with E-state index in [4.69, 9.17) is 5.11 Å². The van der Waals surface area contributed by atoms with Crippen molar-refractivity contribution in [1.82, 2.24) is 0 Å². The summed E-state index contributed by atoms with van der Waals surface area (Å²) in [7, 11) is -4.03. The molecule has 23 heavy (non-hydrogen) atoms. The lowest BCUT2D eigenvalue weighted by Crippen LogP contribution is -2.14. The average molecular weight is 336 g/mol. The van der Waals surface area contributed by atoms with Crippen molar-refractivity contribution in [2.45, 2.75) is 11.8 Å². The summed E-state index contributed by atoms with van der Waals surface area (Å²) >= 11 is 0. The van der Waals surface area contributed by atoms with Crippen LogP contribution in [-0.2, 0) is 10.0 Å². The van der Waals surface area contributed by atoms with Gasteiger partial charge < -0.3 is 5.11 Å². The number of hydrogen-bond acceptors (Lipinski definition) is 5. The van der Waals surface area contributed by atoms with Crippen LogP contribution in [-0.4, -0.2) is 24.4 Å². The SMILES string of the molecule is Cc1cc(C(=O)O)ccc1NS(=O)(=O)c1cccc([N+](=O)[O-])c1. The quantitative estimate of drug-likeness (QED) is 0.637. The first-order chi connectivity index (χ1) is 10.7. The van der Waals surface area contributed by atoms with Crippen molar-refractivity contribution in [3.05, 3.63) is 63.7 Å². The molecule has 0 radical (unpaired) electrons. The van der Waals surface area contributed by atoms with Crippen LogP contribution in [0.5, 0.6) is 0 Å². The summed E-state index contributed by atoms with van der Waals surface area (Å²) in [6.45, 7) is 1.55. The summed E-state index contributed by atoms with van der Waals surface area (Å²) in [6, 6.07) is 8.56. The van der Waals surface area contributed by atoms with E-state index in [0.29, 0.717) is 5.56 Å². The Balaban J connectivity index is 2.37. The summed E-state index contributed by atoms with van der Waals surface area (Å²) in [5, 5.41) is 19.6. The summed E-state index contributed by atoms with van der Waals surface area (Å²) in [6.07, 6.45) is 0. The van der Waals surface area contributed by atoms with Gasteiger partial charge in [0, 0.05) is 12.1 Å². The highest BCUT2D eigenvalue weighted by Crippen LogP contribution is 2.23. The maximum Gasteiger partial charge on any atom is 0.335 e. The van der Waals surface area contributed by atoms with E-state index in [1.807, 2.05) is 0 Å². The standard InChI is InChI=1S/C14H12N2O6S/c1-9-7-10(14(17)18)5-6-13(9)15-23(21,22)12-4-2-3-11(8-12)16(19)20/h2-8,15H,1H3,(H,17,18). The first-order valence-electron chi connectivity index (χ1n) is 6.32. The van der Waals surface area contributed by atoms with Crippen LogP contribution in [0.1, 0.15) is 15.9 Å². The zero-order valence-corrected chi connectivity index (χ0v) is 12.7. The maximum absolute atomic E-state index is 12.3. The monoisotopic (exact) mass is 336 g/mol. The van der Waals surface area contributed by atoms with Gasteiger partial charge in [-0.05, 0) is 36.8 Å². The number of nitro benzene ring substituents is 1. The second kappa shape index (κ2) is 6.05. The van der Waals surface area contributed by atoms with Crippen LogP contribution in [0.25, 0.3) is 0 Å². The molecule has 0 amide bonds. The second-order valence-electron chi connectivity index (χ2n) is 4.69. The number of aromatic carboxylic acids is 1. The Morgan fingerprint density at radius 2 is 1.91 bits per heavy atom.